The maximum Gasteiger partial charge on any atom is 0.170 e. The second kappa shape index (κ2) is 6.81. The maximum atomic E-state index is 13.5. The highest BCUT2D eigenvalue weighted by molar-refractivity contribution is 5.97. The third kappa shape index (κ3) is 4.25. The molecule has 21 heavy (non-hydrogen) atoms. The van der Waals surface area contributed by atoms with Crippen LogP contribution in [-0.2, 0) is 13.1 Å². The van der Waals surface area contributed by atoms with Gasteiger partial charge in [-0.3, -0.25) is 0 Å². The lowest BCUT2D eigenvalue weighted by Crippen LogP contribution is -2.16. The minimum Gasteiger partial charge on any atom is -0.409 e. The molecule has 0 aliphatic rings. The van der Waals surface area contributed by atoms with E-state index in [0.717, 1.165) is 5.56 Å². The van der Waals surface area contributed by atoms with Crippen molar-refractivity contribution in [2.75, 3.05) is 0 Å². The van der Waals surface area contributed by atoms with Crippen LogP contribution < -0.4 is 11.1 Å². The second-order valence-electron chi connectivity index (χ2n) is 4.57. The van der Waals surface area contributed by atoms with Crippen molar-refractivity contribution in [2.45, 2.75) is 13.1 Å². The van der Waals surface area contributed by atoms with Crippen LogP contribution in [0.15, 0.2) is 47.6 Å². The van der Waals surface area contributed by atoms with E-state index in [-0.39, 0.29) is 11.7 Å². The smallest absolute Gasteiger partial charge is 0.170 e. The Kier molecular flexibility index (Phi) is 4.84. The predicted molar refractivity (Wildman–Crippen MR) is 75.9 cm³/mol. The molecule has 0 aromatic heterocycles. The van der Waals surface area contributed by atoms with Crippen LogP contribution >= 0.6 is 0 Å². The molecule has 2 rings (SSSR count). The molecule has 0 aliphatic heterocycles. The van der Waals surface area contributed by atoms with E-state index in [1.54, 1.807) is 18.2 Å². The van der Waals surface area contributed by atoms with Crippen LogP contribution in [0.25, 0.3) is 0 Å². The molecule has 6 heteroatoms. The van der Waals surface area contributed by atoms with E-state index in [1.165, 1.54) is 24.3 Å². The Hall–Kier alpha value is -2.47. The molecule has 4 nitrogen and oxygen atoms in total. The normalized spacial score (nSPS) is 11.6. The molecule has 0 saturated heterocycles. The topological polar surface area (TPSA) is 70.6 Å². The Labute approximate surface area is 120 Å². The summed E-state index contributed by atoms with van der Waals surface area (Å²) in [4.78, 5) is 0. The lowest BCUT2D eigenvalue weighted by Gasteiger charge is -2.07. The van der Waals surface area contributed by atoms with Crippen molar-refractivity contribution in [1.82, 2.24) is 5.32 Å². The third-order valence-electron chi connectivity index (χ3n) is 2.91. The summed E-state index contributed by atoms with van der Waals surface area (Å²) in [5, 5.41) is 14.5. The molecule has 0 amide bonds. The molecule has 0 spiro atoms. The molecule has 110 valence electrons. The highest BCUT2D eigenvalue weighted by Gasteiger charge is 2.05. The molecule has 0 unspecified atom stereocenters. The summed E-state index contributed by atoms with van der Waals surface area (Å²) >= 11 is 0. The molecule has 4 N–H and O–H groups in total. The molecule has 0 fully saturated rings. The fraction of sp³-hybridized carbons (Fsp3) is 0.133. The van der Waals surface area contributed by atoms with Crippen LogP contribution in [0.4, 0.5) is 8.78 Å². The number of rotatable bonds is 5. The van der Waals surface area contributed by atoms with Crippen LogP contribution in [0.3, 0.4) is 0 Å². The van der Waals surface area contributed by atoms with Crippen LogP contribution in [0, 0.1) is 11.6 Å². The molecule has 2 aromatic carbocycles. The monoisotopic (exact) mass is 291 g/mol. The summed E-state index contributed by atoms with van der Waals surface area (Å²) in [7, 11) is 0. The molecule has 0 heterocycles. The summed E-state index contributed by atoms with van der Waals surface area (Å²) in [5.74, 6) is -0.920. The Balaban J connectivity index is 2.01. The quantitative estimate of drug-likeness (QED) is 0.343. The zero-order chi connectivity index (χ0) is 15.2. The Morgan fingerprint density at radius 1 is 1.05 bits per heavy atom. The first-order valence-electron chi connectivity index (χ1n) is 6.31. The molecular formula is C15H15F2N3O. The number of oxime groups is 1. The van der Waals surface area contributed by atoms with Crippen LogP contribution in [0.1, 0.15) is 16.7 Å². The molecular weight excluding hydrogens is 276 g/mol. The van der Waals surface area contributed by atoms with Gasteiger partial charge in [-0.25, -0.2) is 8.78 Å². The number of nitrogens with one attached hydrogen (secondary N) is 1. The summed E-state index contributed by atoms with van der Waals surface area (Å²) in [6, 6.07) is 10.4. The number of benzene rings is 2. The fourth-order valence-corrected chi connectivity index (χ4v) is 1.96. The number of nitrogens with zero attached hydrogens (tertiary/aromatic N) is 1. The maximum absolute atomic E-state index is 13.5. The molecule has 0 atom stereocenters. The standard InChI is InChI=1S/C15H15F2N3O/c16-13-3-1-2-10(5-13)8-19-9-11-4-12(15(18)20-21)7-14(17)6-11/h1-7,19,21H,8-9H2,(H2,18,20). The molecule has 0 radical (unpaired) electrons. The molecule has 0 saturated carbocycles. The van der Waals surface area contributed by atoms with Crippen molar-refractivity contribution in [3.63, 3.8) is 0 Å². The van der Waals surface area contributed by atoms with E-state index in [1.807, 2.05) is 0 Å². The lowest BCUT2D eigenvalue weighted by atomic mass is 10.1. The van der Waals surface area contributed by atoms with Gasteiger partial charge in [0, 0.05) is 18.7 Å². The van der Waals surface area contributed by atoms with Gasteiger partial charge >= 0.3 is 0 Å². The van der Waals surface area contributed by atoms with Gasteiger partial charge in [0.25, 0.3) is 0 Å². The third-order valence-corrected chi connectivity index (χ3v) is 2.91. The van der Waals surface area contributed by atoms with Gasteiger partial charge < -0.3 is 16.3 Å². The molecule has 0 aliphatic carbocycles. The summed E-state index contributed by atoms with van der Waals surface area (Å²) in [6.07, 6.45) is 0. The average molecular weight is 291 g/mol. The van der Waals surface area contributed by atoms with E-state index in [9.17, 15) is 8.78 Å². The van der Waals surface area contributed by atoms with E-state index >= 15 is 0 Å². The number of nitrogens with two attached hydrogens (primary N) is 1. The van der Waals surface area contributed by atoms with Gasteiger partial charge in [0.2, 0.25) is 0 Å². The first-order chi connectivity index (χ1) is 10.1. The summed E-state index contributed by atoms with van der Waals surface area (Å²) in [6.45, 7) is 0.827. The van der Waals surface area contributed by atoms with Gasteiger partial charge in [-0.15, -0.1) is 0 Å². The van der Waals surface area contributed by atoms with E-state index in [2.05, 4.69) is 10.5 Å². The van der Waals surface area contributed by atoms with Crippen molar-refractivity contribution in [3.8, 4) is 0 Å². The van der Waals surface area contributed by atoms with E-state index in [4.69, 9.17) is 10.9 Å². The van der Waals surface area contributed by atoms with Crippen molar-refractivity contribution in [3.05, 3.63) is 70.8 Å². The zero-order valence-electron chi connectivity index (χ0n) is 11.2. The Morgan fingerprint density at radius 3 is 2.48 bits per heavy atom. The van der Waals surface area contributed by atoms with Crippen molar-refractivity contribution in [1.29, 1.82) is 0 Å². The average Bonchev–Trinajstić information content (AvgIpc) is 2.46. The Morgan fingerprint density at radius 2 is 1.76 bits per heavy atom. The first kappa shape index (κ1) is 14.9. The summed E-state index contributed by atoms with van der Waals surface area (Å²) < 4.78 is 26.5. The molecule has 2 aromatic rings. The number of amidine groups is 1. The zero-order valence-corrected chi connectivity index (χ0v) is 11.2. The second-order valence-corrected chi connectivity index (χ2v) is 4.57. The SMILES string of the molecule is N/C(=N/O)c1cc(F)cc(CNCc2cccc(F)c2)c1. The first-order valence-corrected chi connectivity index (χ1v) is 6.31. The predicted octanol–water partition coefficient (Wildman–Crippen LogP) is 2.35. The van der Waals surface area contributed by atoms with Crippen molar-refractivity contribution < 1.29 is 14.0 Å². The Bertz CT molecular complexity index is 659. The highest BCUT2D eigenvalue weighted by atomic mass is 19.1. The van der Waals surface area contributed by atoms with Gasteiger partial charge in [0.15, 0.2) is 5.84 Å². The lowest BCUT2D eigenvalue weighted by molar-refractivity contribution is 0.318. The van der Waals surface area contributed by atoms with Crippen molar-refractivity contribution in [2.24, 2.45) is 10.9 Å². The van der Waals surface area contributed by atoms with E-state index < -0.39 is 5.82 Å². The molecule has 0 bridgehead atoms. The van der Waals surface area contributed by atoms with Gasteiger partial charge in [-0.05, 0) is 41.5 Å². The van der Waals surface area contributed by atoms with Gasteiger partial charge in [0.05, 0.1) is 0 Å². The van der Waals surface area contributed by atoms with Crippen LogP contribution in [0.5, 0.6) is 0 Å². The number of hydrogen-bond acceptors (Lipinski definition) is 3. The number of halogens is 2. The largest absolute Gasteiger partial charge is 0.409 e. The van der Waals surface area contributed by atoms with Crippen molar-refractivity contribution >= 4 is 5.84 Å². The minimum absolute atomic E-state index is 0.152. The van der Waals surface area contributed by atoms with Gasteiger partial charge in [-0.2, -0.15) is 0 Å². The van der Waals surface area contributed by atoms with Crippen LogP contribution in [0.2, 0.25) is 0 Å². The van der Waals surface area contributed by atoms with Gasteiger partial charge in [0.1, 0.15) is 11.6 Å². The number of hydrogen-bond donors (Lipinski definition) is 3. The van der Waals surface area contributed by atoms with E-state index in [0.29, 0.717) is 24.2 Å². The fourth-order valence-electron chi connectivity index (χ4n) is 1.96. The minimum atomic E-state index is -0.471. The van der Waals surface area contributed by atoms with Gasteiger partial charge in [-0.1, -0.05) is 17.3 Å². The highest BCUT2D eigenvalue weighted by Crippen LogP contribution is 2.10. The summed E-state index contributed by atoms with van der Waals surface area (Å²) in [5.41, 5.74) is 7.19. The van der Waals surface area contributed by atoms with Crippen LogP contribution in [-0.4, -0.2) is 11.0 Å².